The molecule has 17 heavy (non-hydrogen) atoms. The first-order valence-corrected chi connectivity index (χ1v) is 7.30. The molecule has 1 aliphatic rings. The Balaban J connectivity index is 1.99. The van der Waals surface area contributed by atoms with Crippen molar-refractivity contribution in [3.05, 3.63) is 18.1 Å². The highest BCUT2D eigenvalue weighted by Gasteiger charge is 2.28. The number of rotatable bonds is 3. The standard InChI is InChI=1S/C10H16N4O2S/c1-8-5-10(12-7-11-8)13-9-3-4-14(6-9)17(2,15)16/h5,7,9H,3-4,6H2,1-2H3,(H,11,12,13). The number of nitrogens with one attached hydrogen (secondary N) is 1. The van der Waals surface area contributed by atoms with Crippen LogP contribution in [0.25, 0.3) is 0 Å². The minimum Gasteiger partial charge on any atom is -0.366 e. The SMILES string of the molecule is Cc1cc(NC2CCN(S(C)(=O)=O)C2)ncn1. The Morgan fingerprint density at radius 3 is 2.82 bits per heavy atom. The molecule has 2 rings (SSSR count). The summed E-state index contributed by atoms with van der Waals surface area (Å²) in [5.74, 6) is 0.748. The van der Waals surface area contributed by atoms with Crippen molar-refractivity contribution < 1.29 is 8.42 Å². The van der Waals surface area contributed by atoms with Crippen LogP contribution in [0.15, 0.2) is 12.4 Å². The minimum atomic E-state index is -3.08. The van der Waals surface area contributed by atoms with Gasteiger partial charge in [0.05, 0.1) is 6.26 Å². The van der Waals surface area contributed by atoms with Crippen molar-refractivity contribution >= 4 is 15.8 Å². The van der Waals surface area contributed by atoms with Crippen LogP contribution >= 0.6 is 0 Å². The Hall–Kier alpha value is -1.21. The molecule has 0 aliphatic carbocycles. The molecule has 1 aliphatic heterocycles. The van der Waals surface area contributed by atoms with Gasteiger partial charge in [-0.15, -0.1) is 0 Å². The summed E-state index contributed by atoms with van der Waals surface area (Å²) in [5, 5.41) is 3.23. The first-order chi connectivity index (χ1) is 7.95. The average molecular weight is 256 g/mol. The molecule has 6 nitrogen and oxygen atoms in total. The van der Waals surface area contributed by atoms with Gasteiger partial charge < -0.3 is 5.32 Å². The molecule has 0 saturated carbocycles. The molecule has 0 amide bonds. The summed E-state index contributed by atoms with van der Waals surface area (Å²) in [6, 6.07) is 1.97. The summed E-state index contributed by atoms with van der Waals surface area (Å²) < 4.78 is 24.2. The summed E-state index contributed by atoms with van der Waals surface area (Å²) in [5.41, 5.74) is 0.889. The van der Waals surface area contributed by atoms with Crippen molar-refractivity contribution in [1.82, 2.24) is 14.3 Å². The molecule has 0 aromatic carbocycles. The molecule has 1 aromatic heterocycles. The van der Waals surface area contributed by atoms with E-state index in [4.69, 9.17) is 0 Å². The largest absolute Gasteiger partial charge is 0.366 e. The topological polar surface area (TPSA) is 75.2 Å². The fourth-order valence-electron chi connectivity index (χ4n) is 1.89. The van der Waals surface area contributed by atoms with Gasteiger partial charge in [-0.05, 0) is 13.3 Å². The van der Waals surface area contributed by atoms with Crippen molar-refractivity contribution in [2.75, 3.05) is 24.7 Å². The summed E-state index contributed by atoms with van der Waals surface area (Å²) in [6.45, 7) is 2.97. The van der Waals surface area contributed by atoms with Gasteiger partial charge in [-0.1, -0.05) is 0 Å². The number of aryl methyl sites for hydroxylation is 1. The molecule has 1 unspecified atom stereocenters. The van der Waals surface area contributed by atoms with Crippen LogP contribution < -0.4 is 5.32 Å². The zero-order valence-electron chi connectivity index (χ0n) is 9.92. The quantitative estimate of drug-likeness (QED) is 0.838. The number of sulfonamides is 1. The van der Waals surface area contributed by atoms with E-state index in [0.717, 1.165) is 17.9 Å². The van der Waals surface area contributed by atoms with E-state index in [9.17, 15) is 8.42 Å². The number of nitrogens with zero attached hydrogens (tertiary/aromatic N) is 3. The Bertz CT molecular complexity index is 503. The van der Waals surface area contributed by atoms with Crippen molar-refractivity contribution in [3.63, 3.8) is 0 Å². The fraction of sp³-hybridized carbons (Fsp3) is 0.600. The highest BCUT2D eigenvalue weighted by atomic mass is 32.2. The van der Waals surface area contributed by atoms with Crippen LogP contribution in [-0.2, 0) is 10.0 Å². The lowest BCUT2D eigenvalue weighted by Crippen LogP contribution is -2.30. The summed E-state index contributed by atoms with van der Waals surface area (Å²) in [4.78, 5) is 8.11. The minimum absolute atomic E-state index is 0.124. The first kappa shape index (κ1) is 12.3. The van der Waals surface area contributed by atoms with Gasteiger partial charge in [0.1, 0.15) is 12.1 Å². The highest BCUT2D eigenvalue weighted by molar-refractivity contribution is 7.88. The number of hydrogen-bond donors (Lipinski definition) is 1. The maximum absolute atomic E-state index is 11.4. The number of aromatic nitrogens is 2. The zero-order chi connectivity index (χ0) is 12.5. The third kappa shape index (κ3) is 3.13. The second-order valence-corrected chi connectivity index (χ2v) is 6.28. The van der Waals surface area contributed by atoms with Gasteiger partial charge in [0.2, 0.25) is 10.0 Å². The Morgan fingerprint density at radius 1 is 1.47 bits per heavy atom. The fourth-order valence-corrected chi connectivity index (χ4v) is 2.78. The number of anilines is 1. The molecule has 94 valence electrons. The van der Waals surface area contributed by atoms with Crippen LogP contribution in [0.1, 0.15) is 12.1 Å². The molecule has 1 saturated heterocycles. The third-order valence-corrected chi connectivity index (χ3v) is 4.05. The third-order valence-electron chi connectivity index (χ3n) is 2.78. The lowest BCUT2D eigenvalue weighted by molar-refractivity contribution is 0.480. The summed E-state index contributed by atoms with van der Waals surface area (Å²) in [7, 11) is -3.08. The van der Waals surface area contributed by atoms with E-state index in [-0.39, 0.29) is 6.04 Å². The van der Waals surface area contributed by atoms with Crippen molar-refractivity contribution in [2.45, 2.75) is 19.4 Å². The molecule has 0 radical (unpaired) electrons. The molecule has 0 bridgehead atoms. The number of hydrogen-bond acceptors (Lipinski definition) is 5. The predicted molar refractivity (Wildman–Crippen MR) is 65.2 cm³/mol. The predicted octanol–water partition coefficient (Wildman–Crippen LogP) is 0.231. The van der Waals surface area contributed by atoms with Gasteiger partial charge in [0.25, 0.3) is 0 Å². The van der Waals surface area contributed by atoms with Gasteiger partial charge in [0, 0.05) is 30.9 Å². The highest BCUT2D eigenvalue weighted by Crippen LogP contribution is 2.16. The Morgan fingerprint density at radius 2 is 2.24 bits per heavy atom. The zero-order valence-corrected chi connectivity index (χ0v) is 10.7. The maximum atomic E-state index is 11.4. The van der Waals surface area contributed by atoms with Crippen LogP contribution in [0.5, 0.6) is 0 Å². The maximum Gasteiger partial charge on any atom is 0.211 e. The van der Waals surface area contributed by atoms with Crippen LogP contribution in [0.4, 0.5) is 5.82 Å². The molecule has 1 atom stereocenters. The second-order valence-electron chi connectivity index (χ2n) is 4.30. The van der Waals surface area contributed by atoms with E-state index in [0.29, 0.717) is 13.1 Å². The molecule has 1 aromatic rings. The van der Waals surface area contributed by atoms with Crippen LogP contribution in [0.2, 0.25) is 0 Å². The normalized spacial score (nSPS) is 21.6. The second kappa shape index (κ2) is 4.58. The van der Waals surface area contributed by atoms with Gasteiger partial charge >= 0.3 is 0 Å². The van der Waals surface area contributed by atoms with Gasteiger partial charge in [-0.25, -0.2) is 22.7 Å². The van der Waals surface area contributed by atoms with Gasteiger partial charge in [-0.2, -0.15) is 0 Å². The van der Waals surface area contributed by atoms with E-state index in [1.54, 1.807) is 0 Å². The molecule has 1 fully saturated rings. The monoisotopic (exact) mass is 256 g/mol. The van der Waals surface area contributed by atoms with Crippen molar-refractivity contribution in [3.8, 4) is 0 Å². The van der Waals surface area contributed by atoms with E-state index in [1.165, 1.54) is 16.9 Å². The van der Waals surface area contributed by atoms with E-state index < -0.39 is 10.0 Å². The van der Waals surface area contributed by atoms with Crippen LogP contribution in [0, 0.1) is 6.92 Å². The smallest absolute Gasteiger partial charge is 0.211 e. The van der Waals surface area contributed by atoms with Crippen LogP contribution in [0.3, 0.4) is 0 Å². The molecule has 7 heteroatoms. The molecule has 2 heterocycles. The Kier molecular flexibility index (Phi) is 3.30. The average Bonchev–Trinajstić information content (AvgIpc) is 2.65. The van der Waals surface area contributed by atoms with Crippen molar-refractivity contribution in [2.24, 2.45) is 0 Å². The van der Waals surface area contributed by atoms with Gasteiger partial charge in [0.15, 0.2) is 0 Å². The lowest BCUT2D eigenvalue weighted by Gasteiger charge is -2.15. The summed E-state index contributed by atoms with van der Waals surface area (Å²) >= 11 is 0. The molecular weight excluding hydrogens is 240 g/mol. The first-order valence-electron chi connectivity index (χ1n) is 5.45. The molecule has 1 N–H and O–H groups in total. The molecular formula is C10H16N4O2S. The molecule has 0 spiro atoms. The lowest BCUT2D eigenvalue weighted by atomic mass is 10.2. The summed E-state index contributed by atoms with van der Waals surface area (Å²) in [6.07, 6.45) is 3.54. The van der Waals surface area contributed by atoms with E-state index in [1.807, 2.05) is 13.0 Å². The van der Waals surface area contributed by atoms with E-state index in [2.05, 4.69) is 15.3 Å². The van der Waals surface area contributed by atoms with E-state index >= 15 is 0 Å². The van der Waals surface area contributed by atoms with Crippen molar-refractivity contribution in [1.29, 1.82) is 0 Å². The van der Waals surface area contributed by atoms with Crippen LogP contribution in [-0.4, -0.2) is 48.1 Å². The van der Waals surface area contributed by atoms with Gasteiger partial charge in [-0.3, -0.25) is 0 Å². The Labute approximate surface area is 101 Å².